The average Bonchev–Trinajstić information content (AvgIpc) is 2.59. The van der Waals surface area contributed by atoms with E-state index in [9.17, 15) is 13.2 Å². The lowest BCUT2D eigenvalue weighted by Crippen LogP contribution is -2.50. The molecule has 0 bridgehead atoms. The molecule has 1 aromatic rings. The largest absolute Gasteiger partial charge is 0.495 e. The highest BCUT2D eigenvalue weighted by Crippen LogP contribution is 2.27. The van der Waals surface area contributed by atoms with Crippen molar-refractivity contribution < 1.29 is 17.9 Å². The van der Waals surface area contributed by atoms with Gasteiger partial charge >= 0.3 is 0 Å². The van der Waals surface area contributed by atoms with Crippen LogP contribution in [0.25, 0.3) is 0 Å². The summed E-state index contributed by atoms with van der Waals surface area (Å²) in [5.74, 6) is 0.126. The first-order chi connectivity index (χ1) is 11.8. The molecule has 0 radical (unpaired) electrons. The van der Waals surface area contributed by atoms with Crippen LogP contribution in [0.2, 0.25) is 0 Å². The third-order valence-corrected chi connectivity index (χ3v) is 6.40. The van der Waals surface area contributed by atoms with Crippen LogP contribution < -0.4 is 4.74 Å². The fraction of sp³-hybridized carbons (Fsp3) is 0.588. The van der Waals surface area contributed by atoms with Gasteiger partial charge in [0.05, 0.1) is 13.7 Å². The number of rotatable bonds is 6. The highest BCUT2D eigenvalue weighted by atomic mass is 32.2. The average molecular weight is 369 g/mol. The predicted molar refractivity (Wildman–Crippen MR) is 96.2 cm³/mol. The van der Waals surface area contributed by atoms with Gasteiger partial charge < -0.3 is 14.5 Å². The number of amides is 1. The number of nitrogens with zero attached hydrogens (tertiary/aromatic N) is 3. The van der Waals surface area contributed by atoms with Gasteiger partial charge in [-0.1, -0.05) is 13.0 Å². The highest BCUT2D eigenvalue weighted by molar-refractivity contribution is 7.89. The van der Waals surface area contributed by atoms with E-state index in [0.717, 1.165) is 18.7 Å². The van der Waals surface area contributed by atoms with Crippen molar-refractivity contribution in [3.63, 3.8) is 0 Å². The maximum absolute atomic E-state index is 13.0. The van der Waals surface area contributed by atoms with Crippen molar-refractivity contribution in [2.45, 2.75) is 18.7 Å². The molecule has 140 valence electrons. The summed E-state index contributed by atoms with van der Waals surface area (Å²) in [6, 6.07) is 5.01. The normalized spacial score (nSPS) is 16.3. The molecule has 0 aliphatic carbocycles. The fourth-order valence-corrected chi connectivity index (χ4v) is 4.44. The van der Waals surface area contributed by atoms with Crippen molar-refractivity contribution in [1.82, 2.24) is 14.1 Å². The third-order valence-electron chi connectivity index (χ3n) is 4.46. The second-order valence-electron chi connectivity index (χ2n) is 6.27. The van der Waals surface area contributed by atoms with Crippen LogP contribution in [-0.4, -0.2) is 81.9 Å². The Morgan fingerprint density at radius 1 is 1.24 bits per heavy atom. The van der Waals surface area contributed by atoms with Gasteiger partial charge in [0.1, 0.15) is 10.6 Å². The number of hydrogen-bond donors (Lipinski definition) is 0. The lowest BCUT2D eigenvalue weighted by atomic mass is 10.2. The summed E-state index contributed by atoms with van der Waals surface area (Å²) in [5, 5.41) is 0. The molecule has 2 rings (SSSR count). The number of sulfonamides is 1. The van der Waals surface area contributed by atoms with Crippen LogP contribution in [0, 0.1) is 6.92 Å². The minimum Gasteiger partial charge on any atom is -0.495 e. The van der Waals surface area contributed by atoms with Crippen molar-refractivity contribution in [2.24, 2.45) is 0 Å². The molecule has 1 aromatic carbocycles. The second kappa shape index (κ2) is 8.16. The van der Waals surface area contributed by atoms with Crippen LogP contribution in [0.1, 0.15) is 12.5 Å². The molecule has 25 heavy (non-hydrogen) atoms. The summed E-state index contributed by atoms with van der Waals surface area (Å²) in [6.45, 7) is 6.48. The Labute approximate surface area is 150 Å². The molecule has 1 aliphatic rings. The first-order valence-electron chi connectivity index (χ1n) is 8.40. The molecule has 1 saturated heterocycles. The van der Waals surface area contributed by atoms with Crippen LogP contribution in [0.5, 0.6) is 5.75 Å². The van der Waals surface area contributed by atoms with Crippen molar-refractivity contribution in [3.8, 4) is 5.75 Å². The monoisotopic (exact) mass is 369 g/mol. The molecule has 1 fully saturated rings. The first kappa shape index (κ1) is 19.7. The Bertz CT molecular complexity index is 713. The number of carbonyl (C=O) groups excluding carboxylic acids is 1. The Kier molecular flexibility index (Phi) is 6.42. The number of hydrogen-bond acceptors (Lipinski definition) is 5. The number of benzene rings is 1. The van der Waals surface area contributed by atoms with E-state index >= 15 is 0 Å². The van der Waals surface area contributed by atoms with Gasteiger partial charge in [-0.05, 0) is 31.7 Å². The molecule has 0 unspecified atom stereocenters. The number of piperazine rings is 1. The van der Waals surface area contributed by atoms with Crippen molar-refractivity contribution in [1.29, 1.82) is 0 Å². The Morgan fingerprint density at radius 3 is 2.44 bits per heavy atom. The van der Waals surface area contributed by atoms with E-state index in [1.54, 1.807) is 30.0 Å². The number of carbonyl (C=O) groups is 1. The summed E-state index contributed by atoms with van der Waals surface area (Å²) in [5.41, 5.74) is 0.820. The van der Waals surface area contributed by atoms with Gasteiger partial charge in [-0.3, -0.25) is 4.79 Å². The van der Waals surface area contributed by atoms with E-state index in [-0.39, 0.29) is 29.6 Å². The summed E-state index contributed by atoms with van der Waals surface area (Å²) in [4.78, 5) is 16.5. The van der Waals surface area contributed by atoms with E-state index in [0.29, 0.717) is 13.1 Å². The third kappa shape index (κ3) is 4.50. The molecule has 0 atom stereocenters. The Morgan fingerprint density at radius 2 is 1.88 bits per heavy atom. The van der Waals surface area contributed by atoms with Gasteiger partial charge in [0.25, 0.3) is 0 Å². The first-order valence-corrected chi connectivity index (χ1v) is 9.84. The molecular formula is C17H27N3O4S. The van der Waals surface area contributed by atoms with Crippen LogP contribution >= 0.6 is 0 Å². The van der Waals surface area contributed by atoms with Gasteiger partial charge in [-0.25, -0.2) is 8.42 Å². The van der Waals surface area contributed by atoms with E-state index in [4.69, 9.17) is 4.74 Å². The maximum Gasteiger partial charge on any atom is 0.247 e. The van der Waals surface area contributed by atoms with Gasteiger partial charge in [0, 0.05) is 32.7 Å². The van der Waals surface area contributed by atoms with Gasteiger partial charge in [-0.2, -0.15) is 4.31 Å². The number of ether oxygens (including phenoxy) is 1. The van der Waals surface area contributed by atoms with Crippen LogP contribution in [0.4, 0.5) is 0 Å². The van der Waals surface area contributed by atoms with Crippen LogP contribution in [0.15, 0.2) is 23.1 Å². The quantitative estimate of drug-likeness (QED) is 0.741. The molecule has 1 amide bonds. The van der Waals surface area contributed by atoms with Crippen molar-refractivity contribution in [2.75, 3.05) is 53.4 Å². The summed E-state index contributed by atoms with van der Waals surface area (Å²) >= 11 is 0. The number of aryl methyl sites for hydroxylation is 1. The fourth-order valence-electron chi connectivity index (χ4n) is 2.80. The van der Waals surface area contributed by atoms with Crippen LogP contribution in [-0.2, 0) is 14.8 Å². The molecular weight excluding hydrogens is 342 g/mol. The van der Waals surface area contributed by atoms with E-state index in [2.05, 4.69) is 4.90 Å². The Hall–Kier alpha value is -1.64. The minimum absolute atomic E-state index is 0.100. The lowest BCUT2D eigenvalue weighted by Gasteiger charge is -2.33. The minimum atomic E-state index is -3.81. The molecule has 0 spiro atoms. The molecule has 1 heterocycles. The molecule has 0 saturated carbocycles. The van der Waals surface area contributed by atoms with Crippen molar-refractivity contribution >= 4 is 15.9 Å². The Balaban J connectivity index is 2.21. The SMILES string of the molecule is CCN(CC(=O)N1CCN(C)CC1)S(=O)(=O)c1cc(C)ccc1OC. The van der Waals surface area contributed by atoms with Crippen molar-refractivity contribution in [3.05, 3.63) is 23.8 Å². The van der Waals surface area contributed by atoms with Gasteiger partial charge in [0.2, 0.25) is 15.9 Å². The smallest absolute Gasteiger partial charge is 0.247 e. The summed E-state index contributed by atoms with van der Waals surface area (Å²) < 4.78 is 32.5. The van der Waals surface area contributed by atoms with E-state index in [1.165, 1.54) is 11.4 Å². The van der Waals surface area contributed by atoms with Gasteiger partial charge in [-0.15, -0.1) is 0 Å². The summed E-state index contributed by atoms with van der Waals surface area (Å²) in [6.07, 6.45) is 0. The van der Waals surface area contributed by atoms with E-state index < -0.39 is 10.0 Å². The zero-order chi connectivity index (χ0) is 18.6. The summed E-state index contributed by atoms with van der Waals surface area (Å²) in [7, 11) is -0.362. The number of likely N-dealkylation sites (N-methyl/N-ethyl adjacent to an activating group) is 2. The maximum atomic E-state index is 13.0. The molecule has 0 N–H and O–H groups in total. The lowest BCUT2D eigenvalue weighted by molar-refractivity contribution is -0.132. The van der Waals surface area contributed by atoms with Crippen LogP contribution in [0.3, 0.4) is 0 Å². The molecule has 8 heteroatoms. The van der Waals surface area contributed by atoms with Gasteiger partial charge in [0.15, 0.2) is 0 Å². The zero-order valence-corrected chi connectivity index (χ0v) is 16.2. The second-order valence-corrected chi connectivity index (χ2v) is 8.18. The molecule has 0 aromatic heterocycles. The molecule has 1 aliphatic heterocycles. The topological polar surface area (TPSA) is 70.2 Å². The molecule has 7 nitrogen and oxygen atoms in total. The highest BCUT2D eigenvalue weighted by Gasteiger charge is 2.30. The predicted octanol–water partition coefficient (Wildman–Crippen LogP) is 0.788. The number of methoxy groups -OCH3 is 1. The zero-order valence-electron chi connectivity index (χ0n) is 15.4. The van der Waals surface area contributed by atoms with E-state index in [1.807, 2.05) is 14.0 Å². The standard InChI is InChI=1S/C17H27N3O4S/c1-5-20(13-17(21)19-10-8-18(3)9-11-19)25(22,23)16-12-14(2)6-7-15(16)24-4/h6-7,12H,5,8-11,13H2,1-4H3.